The Balaban J connectivity index is 2.15. The first-order chi connectivity index (χ1) is 9.11. The normalized spacial score (nSPS) is 10.4. The van der Waals surface area contributed by atoms with E-state index in [1.807, 2.05) is 17.7 Å². The molecular formula is C12H13ClN4O2. The van der Waals surface area contributed by atoms with Gasteiger partial charge in [-0.3, -0.25) is 10.1 Å². The van der Waals surface area contributed by atoms with Crippen molar-refractivity contribution in [3.05, 3.63) is 51.6 Å². The number of hydrogen-bond acceptors (Lipinski definition) is 4. The average molecular weight is 281 g/mol. The van der Waals surface area contributed by atoms with Crippen LogP contribution in [0.25, 0.3) is 0 Å². The van der Waals surface area contributed by atoms with E-state index in [2.05, 4.69) is 10.3 Å². The summed E-state index contributed by atoms with van der Waals surface area (Å²) in [5.74, 6) is 0.852. The van der Waals surface area contributed by atoms with Crippen LogP contribution in [0.2, 0.25) is 5.02 Å². The Morgan fingerprint density at radius 3 is 3.00 bits per heavy atom. The van der Waals surface area contributed by atoms with Gasteiger partial charge in [0.2, 0.25) is 0 Å². The molecule has 0 saturated carbocycles. The third-order valence-electron chi connectivity index (χ3n) is 2.74. The highest BCUT2D eigenvalue weighted by molar-refractivity contribution is 6.33. The summed E-state index contributed by atoms with van der Waals surface area (Å²) < 4.78 is 1.98. The van der Waals surface area contributed by atoms with E-state index in [9.17, 15) is 10.1 Å². The molecule has 0 radical (unpaired) electrons. The van der Waals surface area contributed by atoms with Crippen molar-refractivity contribution in [3.63, 3.8) is 0 Å². The van der Waals surface area contributed by atoms with Crippen molar-refractivity contribution in [1.29, 1.82) is 0 Å². The van der Waals surface area contributed by atoms with Crippen molar-refractivity contribution in [1.82, 2.24) is 9.55 Å². The summed E-state index contributed by atoms with van der Waals surface area (Å²) in [5, 5.41) is 14.2. The lowest BCUT2D eigenvalue weighted by molar-refractivity contribution is -0.384. The average Bonchev–Trinajstić information content (AvgIpc) is 2.85. The van der Waals surface area contributed by atoms with Crippen LogP contribution in [0.5, 0.6) is 0 Å². The van der Waals surface area contributed by atoms with Gasteiger partial charge in [0.15, 0.2) is 0 Å². The summed E-state index contributed by atoms with van der Waals surface area (Å²) in [6, 6.07) is 4.30. The summed E-state index contributed by atoms with van der Waals surface area (Å²) in [6.45, 7) is 3.30. The number of non-ortho nitro benzene ring substituents is 1. The maximum absolute atomic E-state index is 10.7. The number of benzene rings is 1. The van der Waals surface area contributed by atoms with Crippen LogP contribution in [-0.2, 0) is 13.1 Å². The molecule has 1 aromatic carbocycles. The van der Waals surface area contributed by atoms with Crippen molar-refractivity contribution >= 4 is 23.0 Å². The molecular weight excluding hydrogens is 268 g/mol. The Hall–Kier alpha value is -2.08. The molecule has 0 aliphatic rings. The number of nitro benzene ring substituents is 1. The van der Waals surface area contributed by atoms with E-state index in [0.717, 1.165) is 12.4 Å². The van der Waals surface area contributed by atoms with Crippen molar-refractivity contribution < 1.29 is 4.92 Å². The summed E-state index contributed by atoms with van der Waals surface area (Å²) in [5.41, 5.74) is 0.534. The molecule has 19 heavy (non-hydrogen) atoms. The minimum absolute atomic E-state index is 0.00531. The predicted molar refractivity (Wildman–Crippen MR) is 73.3 cm³/mol. The first-order valence-corrected chi connectivity index (χ1v) is 6.17. The van der Waals surface area contributed by atoms with Gasteiger partial charge in [-0.25, -0.2) is 4.98 Å². The molecule has 0 amide bonds. The Morgan fingerprint density at radius 1 is 1.53 bits per heavy atom. The van der Waals surface area contributed by atoms with E-state index in [1.54, 1.807) is 6.20 Å². The maximum atomic E-state index is 10.7. The second-order valence-corrected chi connectivity index (χ2v) is 4.31. The van der Waals surface area contributed by atoms with Crippen LogP contribution in [0.3, 0.4) is 0 Å². The van der Waals surface area contributed by atoms with E-state index >= 15 is 0 Å². The van der Waals surface area contributed by atoms with Crippen molar-refractivity contribution in [2.45, 2.75) is 20.0 Å². The molecule has 0 saturated heterocycles. The van der Waals surface area contributed by atoms with Gasteiger partial charge in [0.1, 0.15) is 5.82 Å². The smallest absolute Gasteiger partial charge is 0.271 e. The minimum atomic E-state index is -0.450. The lowest BCUT2D eigenvalue weighted by atomic mass is 10.3. The summed E-state index contributed by atoms with van der Waals surface area (Å²) in [4.78, 5) is 14.5. The Kier molecular flexibility index (Phi) is 4.01. The number of nitro groups is 1. The van der Waals surface area contributed by atoms with Crippen LogP contribution in [0.4, 0.5) is 11.4 Å². The van der Waals surface area contributed by atoms with Crippen LogP contribution in [0.15, 0.2) is 30.6 Å². The number of nitrogens with zero attached hydrogens (tertiary/aromatic N) is 3. The van der Waals surface area contributed by atoms with Gasteiger partial charge in [-0.15, -0.1) is 0 Å². The number of aromatic nitrogens is 2. The lowest BCUT2D eigenvalue weighted by Crippen LogP contribution is -2.08. The molecule has 1 heterocycles. The largest absolute Gasteiger partial charge is 0.376 e. The predicted octanol–water partition coefficient (Wildman–Crippen LogP) is 3.08. The van der Waals surface area contributed by atoms with Crippen LogP contribution in [0, 0.1) is 10.1 Å². The van der Waals surface area contributed by atoms with Crippen molar-refractivity contribution in [2.24, 2.45) is 0 Å². The number of aryl methyl sites for hydroxylation is 1. The molecule has 0 atom stereocenters. The number of anilines is 1. The zero-order valence-electron chi connectivity index (χ0n) is 10.3. The third kappa shape index (κ3) is 3.03. The maximum Gasteiger partial charge on any atom is 0.271 e. The summed E-state index contributed by atoms with van der Waals surface area (Å²) in [7, 11) is 0. The number of hydrogen-bond donors (Lipinski definition) is 1. The molecule has 100 valence electrons. The molecule has 1 N–H and O–H groups in total. The fraction of sp³-hybridized carbons (Fsp3) is 0.250. The van der Waals surface area contributed by atoms with Gasteiger partial charge in [-0.2, -0.15) is 0 Å². The van der Waals surface area contributed by atoms with Crippen LogP contribution in [0.1, 0.15) is 12.7 Å². The lowest BCUT2D eigenvalue weighted by Gasteiger charge is -2.09. The highest BCUT2D eigenvalue weighted by atomic mass is 35.5. The number of nitrogens with one attached hydrogen (secondary N) is 1. The molecule has 2 aromatic rings. The zero-order valence-corrected chi connectivity index (χ0v) is 11.1. The summed E-state index contributed by atoms with van der Waals surface area (Å²) >= 11 is 6.00. The third-order valence-corrected chi connectivity index (χ3v) is 3.07. The molecule has 7 heteroatoms. The Labute approximate surface area is 115 Å². The molecule has 0 unspecified atom stereocenters. The van der Waals surface area contributed by atoms with Crippen LogP contribution in [-0.4, -0.2) is 14.5 Å². The first-order valence-electron chi connectivity index (χ1n) is 5.79. The number of imidazole rings is 1. The van der Waals surface area contributed by atoms with Gasteiger partial charge in [-0.05, 0) is 13.0 Å². The minimum Gasteiger partial charge on any atom is -0.376 e. The van der Waals surface area contributed by atoms with Gasteiger partial charge in [0.25, 0.3) is 5.69 Å². The quantitative estimate of drug-likeness (QED) is 0.675. The molecule has 6 nitrogen and oxygen atoms in total. The van der Waals surface area contributed by atoms with Crippen molar-refractivity contribution in [2.75, 3.05) is 5.32 Å². The highest BCUT2D eigenvalue weighted by Crippen LogP contribution is 2.26. The molecule has 1 aromatic heterocycles. The SMILES string of the molecule is CCn1ccnc1CNc1cc([N+](=O)[O-])ccc1Cl. The van der Waals surface area contributed by atoms with Gasteiger partial charge < -0.3 is 9.88 Å². The fourth-order valence-corrected chi connectivity index (χ4v) is 1.92. The molecule has 2 rings (SSSR count). The zero-order chi connectivity index (χ0) is 13.8. The molecule has 0 bridgehead atoms. The van der Waals surface area contributed by atoms with Crippen LogP contribution >= 0.6 is 11.6 Å². The Morgan fingerprint density at radius 2 is 2.32 bits per heavy atom. The van der Waals surface area contributed by atoms with E-state index < -0.39 is 4.92 Å². The highest BCUT2D eigenvalue weighted by Gasteiger charge is 2.10. The second-order valence-electron chi connectivity index (χ2n) is 3.90. The number of halogens is 1. The van der Waals surface area contributed by atoms with E-state index in [0.29, 0.717) is 17.3 Å². The first kappa shape index (κ1) is 13.4. The molecule has 0 fully saturated rings. The van der Waals surface area contributed by atoms with E-state index in [-0.39, 0.29) is 5.69 Å². The second kappa shape index (κ2) is 5.71. The Bertz CT molecular complexity index is 597. The fourth-order valence-electron chi connectivity index (χ4n) is 1.73. The van der Waals surface area contributed by atoms with Gasteiger partial charge in [-0.1, -0.05) is 11.6 Å². The molecule has 0 aliphatic carbocycles. The van der Waals surface area contributed by atoms with E-state index in [1.165, 1.54) is 18.2 Å². The number of rotatable bonds is 5. The standard InChI is InChI=1S/C12H13ClN4O2/c1-2-16-6-5-14-12(16)8-15-11-7-9(17(18)19)3-4-10(11)13/h3-7,15H,2,8H2,1H3. The van der Waals surface area contributed by atoms with Gasteiger partial charge in [0, 0.05) is 31.1 Å². The monoisotopic (exact) mass is 280 g/mol. The van der Waals surface area contributed by atoms with Gasteiger partial charge in [0.05, 0.1) is 22.2 Å². The van der Waals surface area contributed by atoms with E-state index in [4.69, 9.17) is 11.6 Å². The molecule has 0 spiro atoms. The van der Waals surface area contributed by atoms with Crippen LogP contribution < -0.4 is 5.32 Å². The van der Waals surface area contributed by atoms with Crippen molar-refractivity contribution in [3.8, 4) is 0 Å². The topological polar surface area (TPSA) is 73.0 Å². The van der Waals surface area contributed by atoms with Gasteiger partial charge >= 0.3 is 0 Å². The molecule has 0 aliphatic heterocycles. The summed E-state index contributed by atoms with van der Waals surface area (Å²) in [6.07, 6.45) is 3.60.